The van der Waals surface area contributed by atoms with Gasteiger partial charge in [-0.25, -0.2) is 0 Å². The summed E-state index contributed by atoms with van der Waals surface area (Å²) >= 11 is 0. The van der Waals surface area contributed by atoms with Crippen LogP contribution in [0.15, 0.2) is 24.3 Å². The zero-order valence-corrected chi connectivity index (χ0v) is 10.3. The fourth-order valence-corrected chi connectivity index (χ4v) is 2.09. The summed E-state index contributed by atoms with van der Waals surface area (Å²) in [5.74, 6) is -0.182. The number of carbonyl (C=O) groups excluding carboxylic acids is 2. The third kappa shape index (κ3) is 2.87. The Bertz CT molecular complexity index is 473. The molecular formula is C13H17N3O2. The van der Waals surface area contributed by atoms with E-state index in [9.17, 15) is 9.59 Å². The van der Waals surface area contributed by atoms with Crippen LogP contribution in [0.2, 0.25) is 0 Å². The van der Waals surface area contributed by atoms with E-state index >= 15 is 0 Å². The second kappa shape index (κ2) is 5.18. The highest BCUT2D eigenvalue weighted by molar-refractivity contribution is 5.97. The van der Waals surface area contributed by atoms with Gasteiger partial charge in [-0.15, -0.1) is 0 Å². The predicted octanol–water partition coefficient (Wildman–Crippen LogP) is 0.818. The van der Waals surface area contributed by atoms with E-state index in [0.717, 1.165) is 6.42 Å². The molecule has 0 saturated carbocycles. The molecule has 1 aliphatic rings. The molecule has 5 heteroatoms. The molecule has 0 spiro atoms. The Kier molecular flexibility index (Phi) is 3.62. The van der Waals surface area contributed by atoms with Crippen molar-refractivity contribution in [1.82, 2.24) is 4.90 Å². The maximum atomic E-state index is 12.2. The van der Waals surface area contributed by atoms with Crippen LogP contribution in [-0.4, -0.2) is 35.8 Å². The maximum absolute atomic E-state index is 12.2. The minimum absolute atomic E-state index is 0.0323. The Morgan fingerprint density at radius 1 is 1.44 bits per heavy atom. The topological polar surface area (TPSA) is 75.4 Å². The van der Waals surface area contributed by atoms with E-state index in [-0.39, 0.29) is 17.9 Å². The Morgan fingerprint density at radius 3 is 2.83 bits per heavy atom. The van der Waals surface area contributed by atoms with Crippen LogP contribution in [0.4, 0.5) is 5.69 Å². The Labute approximate surface area is 106 Å². The molecule has 0 radical (unpaired) electrons. The number of anilines is 1. The summed E-state index contributed by atoms with van der Waals surface area (Å²) in [5, 5.41) is 2.67. The molecule has 96 valence electrons. The van der Waals surface area contributed by atoms with Crippen molar-refractivity contribution >= 4 is 17.5 Å². The number of benzene rings is 1. The normalized spacial score (nSPS) is 18.8. The summed E-state index contributed by atoms with van der Waals surface area (Å²) < 4.78 is 0. The number of likely N-dealkylation sites (tertiary alicyclic amines) is 1. The number of rotatable bonds is 2. The lowest BCUT2D eigenvalue weighted by molar-refractivity contribution is -0.114. The first-order valence-electron chi connectivity index (χ1n) is 5.99. The van der Waals surface area contributed by atoms with E-state index in [2.05, 4.69) is 5.32 Å². The Morgan fingerprint density at radius 2 is 2.22 bits per heavy atom. The zero-order chi connectivity index (χ0) is 13.1. The van der Waals surface area contributed by atoms with Gasteiger partial charge in [0.2, 0.25) is 5.91 Å². The van der Waals surface area contributed by atoms with E-state index in [1.165, 1.54) is 6.92 Å². The molecule has 0 aliphatic carbocycles. The molecule has 1 fully saturated rings. The third-order valence-electron chi connectivity index (χ3n) is 2.94. The average molecular weight is 247 g/mol. The summed E-state index contributed by atoms with van der Waals surface area (Å²) in [6.07, 6.45) is 0.844. The summed E-state index contributed by atoms with van der Waals surface area (Å²) in [6.45, 7) is 2.74. The molecular weight excluding hydrogens is 230 g/mol. The van der Waals surface area contributed by atoms with Crippen LogP contribution in [-0.2, 0) is 4.79 Å². The highest BCUT2D eigenvalue weighted by atomic mass is 16.2. The summed E-state index contributed by atoms with van der Waals surface area (Å²) in [6, 6.07) is 7.03. The van der Waals surface area contributed by atoms with Crippen molar-refractivity contribution in [2.45, 2.75) is 19.4 Å². The summed E-state index contributed by atoms with van der Waals surface area (Å²) in [7, 11) is 0. The molecule has 1 heterocycles. The quantitative estimate of drug-likeness (QED) is 0.812. The number of hydrogen-bond acceptors (Lipinski definition) is 3. The van der Waals surface area contributed by atoms with Crippen LogP contribution in [0, 0.1) is 0 Å². The predicted molar refractivity (Wildman–Crippen MR) is 69.2 cm³/mol. The molecule has 2 amide bonds. The van der Waals surface area contributed by atoms with Gasteiger partial charge in [0.15, 0.2) is 0 Å². The fourth-order valence-electron chi connectivity index (χ4n) is 2.09. The van der Waals surface area contributed by atoms with E-state index in [0.29, 0.717) is 24.3 Å². The number of hydrogen-bond donors (Lipinski definition) is 2. The zero-order valence-electron chi connectivity index (χ0n) is 10.3. The summed E-state index contributed by atoms with van der Waals surface area (Å²) in [5.41, 5.74) is 7.00. The molecule has 1 aromatic rings. The molecule has 0 aromatic heterocycles. The van der Waals surface area contributed by atoms with E-state index < -0.39 is 0 Å². The van der Waals surface area contributed by atoms with E-state index in [1.54, 1.807) is 29.2 Å². The van der Waals surface area contributed by atoms with Crippen LogP contribution in [0.3, 0.4) is 0 Å². The van der Waals surface area contributed by atoms with Gasteiger partial charge in [0.05, 0.1) is 0 Å². The molecule has 5 nitrogen and oxygen atoms in total. The van der Waals surface area contributed by atoms with Gasteiger partial charge in [-0.1, -0.05) is 6.07 Å². The standard InChI is InChI=1S/C13H17N3O2/c1-9(17)15-12-4-2-3-10(7-12)13(18)16-6-5-11(14)8-16/h2-4,7,11H,5-6,8,14H2,1H3,(H,15,17). The molecule has 1 aliphatic heterocycles. The molecule has 1 saturated heterocycles. The van der Waals surface area contributed by atoms with Crippen molar-refractivity contribution in [2.75, 3.05) is 18.4 Å². The molecule has 0 bridgehead atoms. The Hall–Kier alpha value is -1.88. The summed E-state index contributed by atoms with van der Waals surface area (Å²) in [4.78, 5) is 24.9. The first-order valence-corrected chi connectivity index (χ1v) is 5.99. The Balaban J connectivity index is 2.12. The second-order valence-electron chi connectivity index (χ2n) is 4.56. The monoisotopic (exact) mass is 247 g/mol. The smallest absolute Gasteiger partial charge is 0.253 e. The molecule has 18 heavy (non-hydrogen) atoms. The minimum Gasteiger partial charge on any atom is -0.337 e. The molecule has 1 aromatic carbocycles. The largest absolute Gasteiger partial charge is 0.337 e. The fraction of sp³-hybridized carbons (Fsp3) is 0.385. The SMILES string of the molecule is CC(=O)Nc1cccc(C(=O)N2CCC(N)C2)c1. The van der Waals surface area contributed by atoms with Gasteiger partial charge >= 0.3 is 0 Å². The van der Waals surface area contributed by atoms with Crippen molar-refractivity contribution in [1.29, 1.82) is 0 Å². The van der Waals surface area contributed by atoms with Crippen molar-refractivity contribution in [2.24, 2.45) is 5.73 Å². The molecule has 2 rings (SSSR count). The highest BCUT2D eigenvalue weighted by Gasteiger charge is 2.24. The lowest BCUT2D eigenvalue weighted by Crippen LogP contribution is -2.31. The van der Waals surface area contributed by atoms with Crippen LogP contribution in [0.5, 0.6) is 0 Å². The second-order valence-corrected chi connectivity index (χ2v) is 4.56. The van der Waals surface area contributed by atoms with Gasteiger partial charge in [0.25, 0.3) is 5.91 Å². The maximum Gasteiger partial charge on any atom is 0.253 e. The third-order valence-corrected chi connectivity index (χ3v) is 2.94. The number of nitrogens with one attached hydrogen (secondary N) is 1. The van der Waals surface area contributed by atoms with Gasteiger partial charge in [0, 0.05) is 37.3 Å². The number of carbonyl (C=O) groups is 2. The lowest BCUT2D eigenvalue weighted by atomic mass is 10.1. The first-order chi connectivity index (χ1) is 8.56. The number of amides is 2. The van der Waals surface area contributed by atoms with Crippen LogP contribution < -0.4 is 11.1 Å². The van der Waals surface area contributed by atoms with Crippen molar-refractivity contribution < 1.29 is 9.59 Å². The minimum atomic E-state index is -0.150. The highest BCUT2D eigenvalue weighted by Crippen LogP contribution is 2.16. The first kappa shape index (κ1) is 12.6. The number of nitrogens with zero attached hydrogens (tertiary/aromatic N) is 1. The molecule has 3 N–H and O–H groups in total. The van der Waals surface area contributed by atoms with Crippen LogP contribution in [0.1, 0.15) is 23.7 Å². The lowest BCUT2D eigenvalue weighted by Gasteiger charge is -2.16. The van der Waals surface area contributed by atoms with E-state index in [4.69, 9.17) is 5.73 Å². The van der Waals surface area contributed by atoms with E-state index in [1.807, 2.05) is 0 Å². The van der Waals surface area contributed by atoms with Crippen molar-refractivity contribution in [3.8, 4) is 0 Å². The van der Waals surface area contributed by atoms with Crippen molar-refractivity contribution in [3.63, 3.8) is 0 Å². The van der Waals surface area contributed by atoms with Gasteiger partial charge in [-0.2, -0.15) is 0 Å². The van der Waals surface area contributed by atoms with Gasteiger partial charge in [-0.05, 0) is 24.6 Å². The van der Waals surface area contributed by atoms with Gasteiger partial charge in [0.1, 0.15) is 0 Å². The molecule has 1 unspecified atom stereocenters. The van der Waals surface area contributed by atoms with Crippen molar-refractivity contribution in [3.05, 3.63) is 29.8 Å². The van der Waals surface area contributed by atoms with Gasteiger partial charge < -0.3 is 16.0 Å². The average Bonchev–Trinajstić information content (AvgIpc) is 2.74. The molecule has 1 atom stereocenters. The van der Waals surface area contributed by atoms with Gasteiger partial charge in [-0.3, -0.25) is 9.59 Å². The van der Waals surface area contributed by atoms with Crippen LogP contribution >= 0.6 is 0 Å². The number of nitrogens with two attached hydrogens (primary N) is 1. The van der Waals surface area contributed by atoms with Crippen LogP contribution in [0.25, 0.3) is 0 Å².